The molecule has 2 aromatic rings. The van der Waals surface area contributed by atoms with E-state index >= 15 is 0 Å². The Kier molecular flexibility index (Phi) is 5.23. The number of methoxy groups -OCH3 is 4. The van der Waals surface area contributed by atoms with Gasteiger partial charge in [0.2, 0.25) is 0 Å². The minimum absolute atomic E-state index is 0.293. The second kappa shape index (κ2) is 7.58. The predicted molar refractivity (Wildman–Crippen MR) is 100 cm³/mol. The second-order valence-corrected chi connectivity index (χ2v) is 5.88. The number of aliphatic hydroxyl groups excluding tert-OH is 1. The number of fused-ring (bicyclic) bond motifs is 1. The minimum Gasteiger partial charge on any atom is -0.493 e. The summed E-state index contributed by atoms with van der Waals surface area (Å²) in [6, 6.07) is 8.92. The molecule has 0 aliphatic heterocycles. The Hall–Kier alpha value is -2.86. The maximum Gasteiger partial charge on any atom is 0.162 e. The number of anilines is 1. The summed E-state index contributed by atoms with van der Waals surface area (Å²) >= 11 is 0. The molecule has 1 aliphatic carbocycles. The molecule has 2 aromatic carbocycles. The molecule has 0 saturated carbocycles. The molecule has 6 heteroatoms. The number of aliphatic hydroxyl groups is 1. The standard InChI is InChI=1S/C20H23NO5/c1-23-16-8-6-13(10-18(16)25-3)21-15-7-5-12-9-17(24-2)19(26-4)11-14(12)20(15)22/h5-11,15,20-22H,1-4H3/t15-,20-/m1/s1. The summed E-state index contributed by atoms with van der Waals surface area (Å²) in [4.78, 5) is 0. The molecule has 2 N–H and O–H groups in total. The van der Waals surface area contributed by atoms with E-state index in [9.17, 15) is 5.11 Å². The Balaban J connectivity index is 1.87. The van der Waals surface area contributed by atoms with Gasteiger partial charge in [0.15, 0.2) is 23.0 Å². The molecule has 2 atom stereocenters. The Morgan fingerprint density at radius 1 is 0.808 bits per heavy atom. The lowest BCUT2D eigenvalue weighted by atomic mass is 9.90. The number of hydrogen-bond acceptors (Lipinski definition) is 6. The van der Waals surface area contributed by atoms with Crippen molar-refractivity contribution in [3.8, 4) is 23.0 Å². The van der Waals surface area contributed by atoms with Gasteiger partial charge in [-0.05, 0) is 35.4 Å². The van der Waals surface area contributed by atoms with Crippen LogP contribution in [0.4, 0.5) is 5.69 Å². The van der Waals surface area contributed by atoms with E-state index < -0.39 is 6.10 Å². The summed E-state index contributed by atoms with van der Waals surface area (Å²) < 4.78 is 21.3. The monoisotopic (exact) mass is 357 g/mol. The van der Waals surface area contributed by atoms with Crippen molar-refractivity contribution in [3.05, 3.63) is 47.5 Å². The summed E-state index contributed by atoms with van der Waals surface area (Å²) in [6.07, 6.45) is 3.15. The molecule has 26 heavy (non-hydrogen) atoms. The van der Waals surface area contributed by atoms with Gasteiger partial charge in [-0.15, -0.1) is 0 Å². The molecule has 0 radical (unpaired) electrons. The summed E-state index contributed by atoms with van der Waals surface area (Å²) in [6.45, 7) is 0. The van der Waals surface area contributed by atoms with Crippen LogP contribution in [-0.4, -0.2) is 39.6 Å². The molecular weight excluding hydrogens is 334 g/mol. The smallest absolute Gasteiger partial charge is 0.162 e. The van der Waals surface area contributed by atoms with E-state index in [-0.39, 0.29) is 6.04 Å². The fourth-order valence-corrected chi connectivity index (χ4v) is 3.06. The SMILES string of the molecule is COc1ccc(N[C@@H]2C=Cc3cc(OC)c(OC)cc3[C@H]2O)cc1OC. The van der Waals surface area contributed by atoms with Gasteiger partial charge >= 0.3 is 0 Å². The number of hydrogen-bond donors (Lipinski definition) is 2. The maximum absolute atomic E-state index is 10.8. The molecule has 3 rings (SSSR count). The Morgan fingerprint density at radius 2 is 1.42 bits per heavy atom. The molecule has 1 aliphatic rings. The molecule has 138 valence electrons. The van der Waals surface area contributed by atoms with Crippen LogP contribution in [-0.2, 0) is 0 Å². The molecule has 0 bridgehead atoms. The quantitative estimate of drug-likeness (QED) is 0.827. The summed E-state index contributed by atoms with van der Waals surface area (Å²) in [5.41, 5.74) is 2.50. The van der Waals surface area contributed by atoms with Crippen molar-refractivity contribution >= 4 is 11.8 Å². The van der Waals surface area contributed by atoms with Crippen molar-refractivity contribution in [1.82, 2.24) is 0 Å². The van der Waals surface area contributed by atoms with Crippen LogP contribution >= 0.6 is 0 Å². The third-order valence-electron chi connectivity index (χ3n) is 4.45. The topological polar surface area (TPSA) is 69.2 Å². The Bertz CT molecular complexity index is 818. The first-order valence-electron chi connectivity index (χ1n) is 8.22. The molecule has 0 unspecified atom stereocenters. The van der Waals surface area contributed by atoms with Gasteiger partial charge in [-0.1, -0.05) is 12.2 Å². The van der Waals surface area contributed by atoms with Crippen LogP contribution in [0, 0.1) is 0 Å². The van der Waals surface area contributed by atoms with Crippen molar-refractivity contribution in [2.75, 3.05) is 33.8 Å². The van der Waals surface area contributed by atoms with Gasteiger partial charge < -0.3 is 29.4 Å². The first kappa shape index (κ1) is 17.9. The van der Waals surface area contributed by atoms with E-state index in [0.717, 1.165) is 16.8 Å². The predicted octanol–water partition coefficient (Wildman–Crippen LogP) is 3.26. The van der Waals surface area contributed by atoms with Crippen LogP contribution in [0.3, 0.4) is 0 Å². The van der Waals surface area contributed by atoms with Gasteiger partial charge in [0.1, 0.15) is 6.10 Å². The molecule has 0 aromatic heterocycles. The van der Waals surface area contributed by atoms with E-state index in [2.05, 4.69) is 5.32 Å². The highest BCUT2D eigenvalue weighted by molar-refractivity contribution is 5.66. The van der Waals surface area contributed by atoms with Crippen LogP contribution in [0.1, 0.15) is 17.2 Å². The average Bonchev–Trinajstić information content (AvgIpc) is 2.69. The van der Waals surface area contributed by atoms with Crippen molar-refractivity contribution in [2.24, 2.45) is 0 Å². The number of rotatable bonds is 6. The number of ether oxygens (including phenoxy) is 4. The molecule has 0 spiro atoms. The highest BCUT2D eigenvalue weighted by Gasteiger charge is 2.26. The summed E-state index contributed by atoms with van der Waals surface area (Å²) in [5, 5.41) is 14.1. The highest BCUT2D eigenvalue weighted by atomic mass is 16.5. The van der Waals surface area contributed by atoms with E-state index in [1.807, 2.05) is 42.5 Å². The first-order valence-corrected chi connectivity index (χ1v) is 8.22. The number of benzene rings is 2. The zero-order chi connectivity index (χ0) is 18.7. The van der Waals surface area contributed by atoms with Crippen molar-refractivity contribution < 1.29 is 24.1 Å². The van der Waals surface area contributed by atoms with Crippen LogP contribution in [0.2, 0.25) is 0 Å². The fraction of sp³-hybridized carbons (Fsp3) is 0.300. The van der Waals surface area contributed by atoms with Gasteiger partial charge in [0.05, 0.1) is 34.5 Å². The van der Waals surface area contributed by atoms with Gasteiger partial charge in [0.25, 0.3) is 0 Å². The molecule has 0 saturated heterocycles. The normalized spacial score (nSPS) is 18.0. The van der Waals surface area contributed by atoms with Gasteiger partial charge in [-0.3, -0.25) is 0 Å². The summed E-state index contributed by atoms with van der Waals surface area (Å²) in [5.74, 6) is 2.50. The Labute approximate surface area is 153 Å². The third-order valence-corrected chi connectivity index (χ3v) is 4.45. The van der Waals surface area contributed by atoms with Gasteiger partial charge in [-0.25, -0.2) is 0 Å². The Morgan fingerprint density at radius 3 is 2.08 bits per heavy atom. The zero-order valence-corrected chi connectivity index (χ0v) is 15.3. The maximum atomic E-state index is 10.8. The fourth-order valence-electron chi connectivity index (χ4n) is 3.06. The van der Waals surface area contributed by atoms with Crippen molar-refractivity contribution in [3.63, 3.8) is 0 Å². The molecule has 6 nitrogen and oxygen atoms in total. The van der Waals surface area contributed by atoms with Crippen LogP contribution in [0.25, 0.3) is 6.08 Å². The zero-order valence-electron chi connectivity index (χ0n) is 15.3. The molecular formula is C20H23NO5. The van der Waals surface area contributed by atoms with E-state index in [1.54, 1.807) is 28.4 Å². The number of nitrogens with one attached hydrogen (secondary N) is 1. The van der Waals surface area contributed by atoms with Crippen LogP contribution in [0.5, 0.6) is 23.0 Å². The van der Waals surface area contributed by atoms with Crippen molar-refractivity contribution in [1.29, 1.82) is 0 Å². The molecule has 0 amide bonds. The average molecular weight is 357 g/mol. The lowest BCUT2D eigenvalue weighted by Crippen LogP contribution is -2.28. The van der Waals surface area contributed by atoms with Gasteiger partial charge in [-0.2, -0.15) is 0 Å². The van der Waals surface area contributed by atoms with E-state index in [1.165, 1.54) is 0 Å². The van der Waals surface area contributed by atoms with Crippen LogP contribution in [0.15, 0.2) is 36.4 Å². The minimum atomic E-state index is -0.733. The molecule has 0 fully saturated rings. The largest absolute Gasteiger partial charge is 0.493 e. The lowest BCUT2D eigenvalue weighted by molar-refractivity contribution is 0.168. The van der Waals surface area contributed by atoms with Crippen molar-refractivity contribution in [2.45, 2.75) is 12.1 Å². The highest BCUT2D eigenvalue weighted by Crippen LogP contribution is 2.38. The molecule has 0 heterocycles. The first-order chi connectivity index (χ1) is 12.6. The van der Waals surface area contributed by atoms with E-state index in [0.29, 0.717) is 23.0 Å². The summed E-state index contributed by atoms with van der Waals surface area (Å²) in [7, 11) is 6.35. The lowest BCUT2D eigenvalue weighted by Gasteiger charge is -2.28. The second-order valence-electron chi connectivity index (χ2n) is 5.88. The third kappa shape index (κ3) is 3.28. The van der Waals surface area contributed by atoms with E-state index in [4.69, 9.17) is 18.9 Å². The van der Waals surface area contributed by atoms with Crippen LogP contribution < -0.4 is 24.3 Å². The van der Waals surface area contributed by atoms with Gasteiger partial charge in [0, 0.05) is 11.8 Å².